The number of aryl methyl sites for hydroxylation is 1. The summed E-state index contributed by atoms with van der Waals surface area (Å²) in [5.41, 5.74) is 0. The molecule has 1 heterocycles. The maximum atomic E-state index is 9.68. The van der Waals surface area contributed by atoms with Crippen LogP contribution in [0.1, 0.15) is 43.0 Å². The van der Waals surface area contributed by atoms with Gasteiger partial charge in [0, 0.05) is 15.8 Å². The molecule has 0 spiro atoms. The predicted octanol–water partition coefficient (Wildman–Crippen LogP) is 3.11. The second-order valence-corrected chi connectivity index (χ2v) is 6.04. The lowest BCUT2D eigenvalue weighted by Gasteiger charge is -2.17. The van der Waals surface area contributed by atoms with Crippen LogP contribution >= 0.6 is 11.3 Å². The maximum absolute atomic E-state index is 9.68. The van der Waals surface area contributed by atoms with Crippen LogP contribution in [0.3, 0.4) is 0 Å². The van der Waals surface area contributed by atoms with E-state index in [0.717, 1.165) is 13.0 Å². The van der Waals surface area contributed by atoms with Crippen molar-refractivity contribution < 1.29 is 5.11 Å². The number of hydrogen-bond donors (Lipinski definition) is 2. The third-order valence-corrected chi connectivity index (χ3v) is 4.03. The Morgan fingerprint density at radius 1 is 1.31 bits per heavy atom. The van der Waals surface area contributed by atoms with E-state index in [1.54, 1.807) is 0 Å². The van der Waals surface area contributed by atoms with Gasteiger partial charge in [0.15, 0.2) is 0 Å². The van der Waals surface area contributed by atoms with Gasteiger partial charge in [-0.05, 0) is 44.9 Å². The van der Waals surface area contributed by atoms with E-state index in [4.69, 9.17) is 0 Å². The van der Waals surface area contributed by atoms with Crippen molar-refractivity contribution in [3.63, 3.8) is 0 Å². The summed E-state index contributed by atoms with van der Waals surface area (Å²) in [7, 11) is 0. The van der Waals surface area contributed by atoms with Crippen LogP contribution in [-0.4, -0.2) is 17.8 Å². The molecule has 0 amide bonds. The fourth-order valence-electron chi connectivity index (χ4n) is 1.57. The molecule has 0 bridgehead atoms. The number of thiophene rings is 1. The van der Waals surface area contributed by atoms with Crippen LogP contribution in [0.2, 0.25) is 0 Å². The van der Waals surface area contributed by atoms with E-state index < -0.39 is 0 Å². The first-order valence-electron chi connectivity index (χ1n) is 5.98. The Balaban J connectivity index is 2.28. The molecule has 1 aromatic heterocycles. The van der Waals surface area contributed by atoms with E-state index in [2.05, 4.69) is 45.1 Å². The highest BCUT2D eigenvalue weighted by Gasteiger charge is 2.10. The molecular formula is C13H23NOS. The molecule has 0 radical (unpaired) electrons. The fourth-order valence-corrected chi connectivity index (χ4v) is 2.47. The van der Waals surface area contributed by atoms with Gasteiger partial charge in [-0.3, -0.25) is 0 Å². The monoisotopic (exact) mass is 241 g/mol. The molecule has 92 valence electrons. The highest BCUT2D eigenvalue weighted by atomic mass is 32.1. The SMILES string of the molecule is Cc1ccc(C(C)NCCC(O)C(C)C)s1. The van der Waals surface area contributed by atoms with E-state index in [9.17, 15) is 5.11 Å². The van der Waals surface area contributed by atoms with Gasteiger partial charge in [0.05, 0.1) is 6.10 Å². The first-order chi connectivity index (χ1) is 7.50. The van der Waals surface area contributed by atoms with Gasteiger partial charge in [-0.25, -0.2) is 0 Å². The van der Waals surface area contributed by atoms with Gasteiger partial charge in [-0.1, -0.05) is 13.8 Å². The molecule has 1 aromatic rings. The van der Waals surface area contributed by atoms with Gasteiger partial charge in [0.25, 0.3) is 0 Å². The summed E-state index contributed by atoms with van der Waals surface area (Å²) in [5.74, 6) is 0.348. The lowest BCUT2D eigenvalue weighted by atomic mass is 10.0. The Hall–Kier alpha value is -0.380. The standard InChI is InChI=1S/C13H23NOS/c1-9(2)12(15)7-8-14-11(4)13-6-5-10(3)16-13/h5-6,9,11-12,14-15H,7-8H2,1-4H3. The molecule has 2 atom stereocenters. The van der Waals surface area contributed by atoms with Gasteiger partial charge in [-0.15, -0.1) is 11.3 Å². The van der Waals surface area contributed by atoms with E-state index in [1.165, 1.54) is 9.75 Å². The van der Waals surface area contributed by atoms with Crippen molar-refractivity contribution in [1.82, 2.24) is 5.32 Å². The summed E-state index contributed by atoms with van der Waals surface area (Å²) in [6.45, 7) is 9.28. The summed E-state index contributed by atoms with van der Waals surface area (Å²) in [4.78, 5) is 2.72. The second kappa shape index (κ2) is 6.38. The van der Waals surface area contributed by atoms with Crippen molar-refractivity contribution in [3.05, 3.63) is 21.9 Å². The van der Waals surface area contributed by atoms with Gasteiger partial charge in [0.2, 0.25) is 0 Å². The molecule has 0 saturated carbocycles. The summed E-state index contributed by atoms with van der Waals surface area (Å²) in [5, 5.41) is 13.1. The van der Waals surface area contributed by atoms with Crippen molar-refractivity contribution >= 4 is 11.3 Å². The van der Waals surface area contributed by atoms with Gasteiger partial charge >= 0.3 is 0 Å². The number of aliphatic hydroxyl groups is 1. The van der Waals surface area contributed by atoms with Crippen molar-refractivity contribution in [2.75, 3.05) is 6.54 Å². The average molecular weight is 241 g/mol. The number of aliphatic hydroxyl groups excluding tert-OH is 1. The first kappa shape index (κ1) is 13.7. The average Bonchev–Trinajstić information content (AvgIpc) is 2.64. The predicted molar refractivity (Wildman–Crippen MR) is 70.9 cm³/mol. The third kappa shape index (κ3) is 4.24. The molecular weight excluding hydrogens is 218 g/mol. The van der Waals surface area contributed by atoms with Gasteiger partial charge in [-0.2, -0.15) is 0 Å². The largest absolute Gasteiger partial charge is 0.393 e. The molecule has 0 aliphatic heterocycles. The Kier molecular flexibility index (Phi) is 5.46. The summed E-state index contributed by atoms with van der Waals surface area (Å²) in [6.07, 6.45) is 0.636. The van der Waals surface area contributed by atoms with Crippen LogP contribution in [0, 0.1) is 12.8 Å². The van der Waals surface area contributed by atoms with E-state index in [1.807, 2.05) is 11.3 Å². The number of rotatable bonds is 6. The fraction of sp³-hybridized carbons (Fsp3) is 0.692. The minimum Gasteiger partial charge on any atom is -0.393 e. The van der Waals surface area contributed by atoms with E-state index >= 15 is 0 Å². The molecule has 2 unspecified atom stereocenters. The zero-order valence-corrected chi connectivity index (χ0v) is 11.5. The Morgan fingerprint density at radius 3 is 2.50 bits per heavy atom. The minimum absolute atomic E-state index is 0.190. The molecule has 0 saturated heterocycles. The highest BCUT2D eigenvalue weighted by Crippen LogP contribution is 2.22. The lowest BCUT2D eigenvalue weighted by Crippen LogP contribution is -2.25. The quantitative estimate of drug-likeness (QED) is 0.802. The van der Waals surface area contributed by atoms with Crippen molar-refractivity contribution in [2.45, 2.75) is 46.3 Å². The van der Waals surface area contributed by atoms with E-state index in [0.29, 0.717) is 12.0 Å². The van der Waals surface area contributed by atoms with Crippen LogP contribution in [0.15, 0.2) is 12.1 Å². The lowest BCUT2D eigenvalue weighted by molar-refractivity contribution is 0.115. The van der Waals surface area contributed by atoms with Crippen molar-refractivity contribution in [2.24, 2.45) is 5.92 Å². The molecule has 16 heavy (non-hydrogen) atoms. The van der Waals surface area contributed by atoms with Crippen LogP contribution in [0.5, 0.6) is 0 Å². The maximum Gasteiger partial charge on any atom is 0.0575 e. The minimum atomic E-state index is -0.190. The van der Waals surface area contributed by atoms with Gasteiger partial charge in [0.1, 0.15) is 0 Å². The van der Waals surface area contributed by atoms with E-state index in [-0.39, 0.29) is 6.10 Å². The molecule has 1 rings (SSSR count). The Morgan fingerprint density at radius 2 is 2.00 bits per heavy atom. The molecule has 0 aromatic carbocycles. The normalized spacial score (nSPS) is 15.4. The zero-order valence-electron chi connectivity index (χ0n) is 10.7. The molecule has 0 aliphatic carbocycles. The molecule has 2 nitrogen and oxygen atoms in total. The van der Waals surface area contributed by atoms with Crippen molar-refractivity contribution in [3.8, 4) is 0 Å². The summed E-state index contributed by atoms with van der Waals surface area (Å²) >= 11 is 1.84. The molecule has 3 heteroatoms. The number of nitrogens with one attached hydrogen (secondary N) is 1. The summed E-state index contributed by atoms with van der Waals surface area (Å²) < 4.78 is 0. The van der Waals surface area contributed by atoms with Crippen molar-refractivity contribution in [1.29, 1.82) is 0 Å². The third-order valence-electron chi connectivity index (χ3n) is 2.85. The van der Waals surface area contributed by atoms with Crippen LogP contribution in [0.25, 0.3) is 0 Å². The smallest absolute Gasteiger partial charge is 0.0575 e. The second-order valence-electron chi connectivity index (χ2n) is 4.72. The molecule has 2 N–H and O–H groups in total. The first-order valence-corrected chi connectivity index (χ1v) is 6.80. The Labute approximate surface area is 103 Å². The highest BCUT2D eigenvalue weighted by molar-refractivity contribution is 7.12. The van der Waals surface area contributed by atoms with Crippen LogP contribution in [-0.2, 0) is 0 Å². The molecule has 0 aliphatic rings. The zero-order chi connectivity index (χ0) is 12.1. The topological polar surface area (TPSA) is 32.3 Å². The van der Waals surface area contributed by atoms with Gasteiger partial charge < -0.3 is 10.4 Å². The summed E-state index contributed by atoms with van der Waals surface area (Å²) in [6, 6.07) is 4.72. The molecule has 0 fully saturated rings. The van der Waals surface area contributed by atoms with Crippen LogP contribution < -0.4 is 5.32 Å². The van der Waals surface area contributed by atoms with Crippen LogP contribution in [0.4, 0.5) is 0 Å². The Bertz CT molecular complexity index is 309. The number of hydrogen-bond acceptors (Lipinski definition) is 3.